The van der Waals surface area contributed by atoms with Crippen molar-refractivity contribution >= 4 is 0 Å². The summed E-state index contributed by atoms with van der Waals surface area (Å²) in [6.45, 7) is 7.51. The molecular weight excluding hydrogens is 200 g/mol. The van der Waals surface area contributed by atoms with Gasteiger partial charge in [0.25, 0.3) is 0 Å². The predicted molar refractivity (Wildman–Crippen MR) is 65.2 cm³/mol. The maximum Gasteiger partial charge on any atom is 0.0641 e. The number of piperidine rings is 1. The molecule has 0 saturated carbocycles. The second-order valence-corrected chi connectivity index (χ2v) is 4.89. The molecule has 0 unspecified atom stereocenters. The van der Waals surface area contributed by atoms with Crippen LogP contribution in [0, 0.1) is 13.8 Å². The molecule has 0 radical (unpaired) electrons. The topological polar surface area (TPSA) is 47.1 Å². The second-order valence-electron chi connectivity index (χ2n) is 4.89. The van der Waals surface area contributed by atoms with E-state index in [0.29, 0.717) is 6.04 Å². The molecule has 2 heterocycles. The fraction of sp³-hybridized carbons (Fsp3) is 0.750. The first-order valence-electron chi connectivity index (χ1n) is 6.05. The summed E-state index contributed by atoms with van der Waals surface area (Å²) in [6.07, 6.45) is 2.25. The number of nitrogens with two attached hydrogens (primary N) is 1. The Hall–Kier alpha value is -0.870. The lowest BCUT2D eigenvalue weighted by Gasteiger charge is -2.30. The minimum atomic E-state index is 0.410. The second kappa shape index (κ2) is 4.55. The largest absolute Gasteiger partial charge is 0.328 e. The summed E-state index contributed by atoms with van der Waals surface area (Å²) < 4.78 is 1.97. The fourth-order valence-corrected chi connectivity index (χ4v) is 2.38. The first-order valence-corrected chi connectivity index (χ1v) is 6.05. The van der Waals surface area contributed by atoms with Crippen molar-refractivity contribution in [1.29, 1.82) is 0 Å². The van der Waals surface area contributed by atoms with Gasteiger partial charge in [-0.05, 0) is 39.8 Å². The molecule has 0 bridgehead atoms. The molecule has 90 valence electrons. The third-order valence-corrected chi connectivity index (χ3v) is 3.67. The Labute approximate surface area is 97.4 Å². The average molecular weight is 222 g/mol. The van der Waals surface area contributed by atoms with Gasteiger partial charge in [-0.15, -0.1) is 0 Å². The number of hydrogen-bond donors (Lipinski definition) is 1. The van der Waals surface area contributed by atoms with Gasteiger partial charge in [0.1, 0.15) is 0 Å². The SMILES string of the molecule is Cc1nn(C)c(C)c1CN1CCC(N)CC1. The minimum Gasteiger partial charge on any atom is -0.328 e. The zero-order chi connectivity index (χ0) is 11.7. The van der Waals surface area contributed by atoms with E-state index in [1.54, 1.807) is 0 Å². The van der Waals surface area contributed by atoms with Crippen LogP contribution < -0.4 is 5.73 Å². The molecule has 0 aromatic carbocycles. The third-order valence-electron chi connectivity index (χ3n) is 3.67. The Kier molecular flexibility index (Phi) is 3.30. The minimum absolute atomic E-state index is 0.410. The third kappa shape index (κ3) is 2.28. The van der Waals surface area contributed by atoms with Crippen molar-refractivity contribution in [2.75, 3.05) is 13.1 Å². The lowest BCUT2D eigenvalue weighted by molar-refractivity contribution is 0.205. The van der Waals surface area contributed by atoms with Crippen molar-refractivity contribution in [2.45, 2.75) is 39.3 Å². The van der Waals surface area contributed by atoms with E-state index in [0.717, 1.165) is 38.2 Å². The van der Waals surface area contributed by atoms with Gasteiger partial charge in [-0.2, -0.15) is 5.10 Å². The van der Waals surface area contributed by atoms with E-state index < -0.39 is 0 Å². The zero-order valence-electron chi connectivity index (χ0n) is 10.5. The number of nitrogens with zero attached hydrogens (tertiary/aromatic N) is 3. The molecule has 0 atom stereocenters. The first kappa shape index (κ1) is 11.6. The van der Waals surface area contributed by atoms with Gasteiger partial charge in [0.05, 0.1) is 5.69 Å². The van der Waals surface area contributed by atoms with Gasteiger partial charge in [-0.25, -0.2) is 0 Å². The summed E-state index contributed by atoms with van der Waals surface area (Å²) in [5.74, 6) is 0. The van der Waals surface area contributed by atoms with Gasteiger partial charge >= 0.3 is 0 Å². The van der Waals surface area contributed by atoms with Crippen LogP contribution in [0.4, 0.5) is 0 Å². The van der Waals surface area contributed by atoms with Crippen LogP contribution in [0.2, 0.25) is 0 Å². The van der Waals surface area contributed by atoms with Crippen LogP contribution >= 0.6 is 0 Å². The van der Waals surface area contributed by atoms with Gasteiger partial charge in [-0.1, -0.05) is 0 Å². The van der Waals surface area contributed by atoms with E-state index in [2.05, 4.69) is 23.8 Å². The summed E-state index contributed by atoms with van der Waals surface area (Å²) in [7, 11) is 2.01. The monoisotopic (exact) mass is 222 g/mol. The lowest BCUT2D eigenvalue weighted by atomic mass is 10.0. The molecule has 0 amide bonds. The molecule has 1 aliphatic heterocycles. The standard InChI is InChI=1S/C12H22N4/c1-9-12(10(2)15(3)14-9)8-16-6-4-11(13)5-7-16/h11H,4-8,13H2,1-3H3. The highest BCUT2D eigenvalue weighted by Crippen LogP contribution is 2.17. The maximum absolute atomic E-state index is 5.91. The quantitative estimate of drug-likeness (QED) is 0.811. The highest BCUT2D eigenvalue weighted by atomic mass is 15.3. The molecule has 4 heteroatoms. The smallest absolute Gasteiger partial charge is 0.0641 e. The van der Waals surface area contributed by atoms with Crippen LogP contribution in [0.5, 0.6) is 0 Å². The zero-order valence-corrected chi connectivity index (χ0v) is 10.5. The molecule has 0 spiro atoms. The van der Waals surface area contributed by atoms with Gasteiger partial charge in [0.2, 0.25) is 0 Å². The molecule has 1 aromatic heterocycles. The van der Waals surface area contributed by atoms with E-state index >= 15 is 0 Å². The first-order chi connectivity index (χ1) is 7.58. The molecule has 2 N–H and O–H groups in total. The molecule has 4 nitrogen and oxygen atoms in total. The Balaban J connectivity index is 2.03. The van der Waals surface area contributed by atoms with E-state index in [1.807, 2.05) is 11.7 Å². The molecule has 16 heavy (non-hydrogen) atoms. The highest BCUT2D eigenvalue weighted by molar-refractivity contribution is 5.24. The normalized spacial score (nSPS) is 19.2. The number of likely N-dealkylation sites (tertiary alicyclic amines) is 1. The van der Waals surface area contributed by atoms with Crippen molar-refractivity contribution in [3.63, 3.8) is 0 Å². The van der Waals surface area contributed by atoms with Gasteiger partial charge in [0, 0.05) is 30.9 Å². The van der Waals surface area contributed by atoms with Crippen LogP contribution in [0.3, 0.4) is 0 Å². The summed E-state index contributed by atoms with van der Waals surface area (Å²) in [4.78, 5) is 2.49. The fourth-order valence-electron chi connectivity index (χ4n) is 2.38. The molecular formula is C12H22N4. The Morgan fingerprint density at radius 3 is 2.44 bits per heavy atom. The Morgan fingerprint density at radius 1 is 1.31 bits per heavy atom. The van der Waals surface area contributed by atoms with Gasteiger partial charge in [-0.3, -0.25) is 9.58 Å². The van der Waals surface area contributed by atoms with E-state index in [1.165, 1.54) is 11.3 Å². The number of aromatic nitrogens is 2. The van der Waals surface area contributed by atoms with Crippen molar-refractivity contribution in [2.24, 2.45) is 12.8 Å². The molecule has 1 fully saturated rings. The molecule has 1 aliphatic rings. The van der Waals surface area contributed by atoms with E-state index in [9.17, 15) is 0 Å². The van der Waals surface area contributed by atoms with E-state index in [-0.39, 0.29) is 0 Å². The lowest BCUT2D eigenvalue weighted by Crippen LogP contribution is -2.39. The Bertz CT molecular complexity index is 361. The van der Waals surface area contributed by atoms with Gasteiger partial charge < -0.3 is 5.73 Å². The molecule has 0 aliphatic carbocycles. The van der Waals surface area contributed by atoms with Crippen LogP contribution in [0.25, 0.3) is 0 Å². The summed E-state index contributed by atoms with van der Waals surface area (Å²) in [6, 6.07) is 0.410. The summed E-state index contributed by atoms with van der Waals surface area (Å²) in [5, 5.41) is 4.46. The summed E-state index contributed by atoms with van der Waals surface area (Å²) >= 11 is 0. The Morgan fingerprint density at radius 2 is 1.94 bits per heavy atom. The van der Waals surface area contributed by atoms with Crippen molar-refractivity contribution in [3.05, 3.63) is 17.0 Å². The van der Waals surface area contributed by atoms with Crippen molar-refractivity contribution in [1.82, 2.24) is 14.7 Å². The van der Waals surface area contributed by atoms with Gasteiger partial charge in [0.15, 0.2) is 0 Å². The highest BCUT2D eigenvalue weighted by Gasteiger charge is 2.18. The van der Waals surface area contributed by atoms with Crippen LogP contribution in [0.1, 0.15) is 29.8 Å². The number of hydrogen-bond acceptors (Lipinski definition) is 3. The number of aryl methyl sites for hydroxylation is 2. The average Bonchev–Trinajstić information content (AvgIpc) is 2.48. The molecule has 2 rings (SSSR count). The van der Waals surface area contributed by atoms with Crippen molar-refractivity contribution in [3.8, 4) is 0 Å². The summed E-state index contributed by atoms with van der Waals surface area (Å²) in [5.41, 5.74) is 9.74. The van der Waals surface area contributed by atoms with E-state index in [4.69, 9.17) is 5.73 Å². The molecule has 1 aromatic rings. The van der Waals surface area contributed by atoms with Crippen molar-refractivity contribution < 1.29 is 0 Å². The maximum atomic E-state index is 5.91. The molecule has 1 saturated heterocycles. The predicted octanol–water partition coefficient (Wildman–Crippen LogP) is 0.960. The van der Waals surface area contributed by atoms with Crippen LogP contribution in [-0.4, -0.2) is 33.8 Å². The van der Waals surface area contributed by atoms with Crippen LogP contribution in [-0.2, 0) is 13.6 Å². The van der Waals surface area contributed by atoms with Crippen LogP contribution in [0.15, 0.2) is 0 Å². The number of rotatable bonds is 2.